The molecule has 21 heteroatoms. The second-order valence-electron chi connectivity index (χ2n) is 10.8. The molecule has 0 saturated heterocycles. The van der Waals surface area contributed by atoms with Crippen molar-refractivity contribution in [3.05, 3.63) is 118 Å². The summed E-state index contributed by atoms with van der Waals surface area (Å²) in [5.74, 6) is -4.50. The third-order valence-corrected chi connectivity index (χ3v) is 9.71. The van der Waals surface area contributed by atoms with Crippen LogP contribution in [0.5, 0.6) is 11.5 Å². The van der Waals surface area contributed by atoms with E-state index in [2.05, 4.69) is 20.5 Å². The Bertz CT molecular complexity index is 2610. The van der Waals surface area contributed by atoms with E-state index in [4.69, 9.17) is 32.3 Å². The zero-order valence-corrected chi connectivity index (χ0v) is 32.7. The molecule has 0 unspecified atom stereocenters. The predicted octanol–water partition coefficient (Wildman–Crippen LogP) is 6.77. The van der Waals surface area contributed by atoms with Crippen molar-refractivity contribution in [1.82, 2.24) is 0 Å². The van der Waals surface area contributed by atoms with Crippen molar-refractivity contribution in [2.75, 3.05) is 0 Å². The molecule has 0 saturated carbocycles. The molecule has 0 aliphatic rings. The third kappa shape index (κ3) is 9.92. The molecule has 0 amide bonds. The molecule has 0 atom stereocenters. The van der Waals surface area contributed by atoms with E-state index in [1.807, 2.05) is 0 Å². The standard InChI is InChI=1S/2C17H11ClN2O6S.Ca/c2*18-13-6-5-10(27(24,25)26)8-14(13)19-20-15-11-4-2-1-3-9(11)7-12(16(15)21)17(22)23;/h2*1-8,21H,(H,22,23)(H,24,25,26);/q;;+2/p-2. The fourth-order valence-electron chi connectivity index (χ4n) is 4.81. The van der Waals surface area contributed by atoms with Crippen LogP contribution in [0.2, 0.25) is 10.0 Å². The van der Waals surface area contributed by atoms with Crippen LogP contribution in [0.15, 0.2) is 127 Å². The van der Waals surface area contributed by atoms with E-state index in [1.54, 1.807) is 48.5 Å². The Morgan fingerprint density at radius 3 is 1.47 bits per heavy atom. The average molecular weight is 852 g/mol. The number of halogens is 2. The second-order valence-corrected chi connectivity index (χ2v) is 14.5. The van der Waals surface area contributed by atoms with Crippen LogP contribution < -0.4 is 10.2 Å². The minimum Gasteiger partial charge on any atom is -0.871 e. The van der Waals surface area contributed by atoms with Gasteiger partial charge in [0.05, 0.1) is 31.5 Å². The van der Waals surface area contributed by atoms with Gasteiger partial charge in [0.2, 0.25) is 0 Å². The molecular weight excluding hydrogens is 832 g/mol. The summed E-state index contributed by atoms with van der Waals surface area (Å²) in [4.78, 5) is 21.7. The van der Waals surface area contributed by atoms with Crippen molar-refractivity contribution < 1.29 is 56.0 Å². The number of aromatic carboxylic acids is 2. The van der Waals surface area contributed by atoms with Crippen molar-refractivity contribution in [1.29, 1.82) is 0 Å². The van der Waals surface area contributed by atoms with E-state index in [-0.39, 0.29) is 76.1 Å². The van der Waals surface area contributed by atoms with Gasteiger partial charge in [-0.05, 0) is 64.9 Å². The number of aromatic hydroxyl groups is 1. The van der Waals surface area contributed by atoms with Gasteiger partial charge in [-0.3, -0.25) is 9.11 Å². The maximum atomic E-state index is 12.4. The van der Waals surface area contributed by atoms with Gasteiger partial charge in [-0.25, -0.2) is 4.79 Å². The number of carboxylic acid groups (broad SMARTS) is 2. The summed E-state index contributed by atoms with van der Waals surface area (Å²) < 4.78 is 63.2. The van der Waals surface area contributed by atoms with Crippen molar-refractivity contribution in [3.63, 3.8) is 0 Å². The number of nitrogens with zero attached hydrogens (tertiary/aromatic N) is 4. The molecule has 0 aliphatic heterocycles. The van der Waals surface area contributed by atoms with Gasteiger partial charge in [0.25, 0.3) is 20.2 Å². The Balaban J connectivity index is 0.000000240. The first-order valence-electron chi connectivity index (χ1n) is 14.7. The average Bonchev–Trinajstić information content (AvgIpc) is 3.10. The number of carbonyl (C=O) groups excluding carboxylic acids is 1. The van der Waals surface area contributed by atoms with Gasteiger partial charge < -0.3 is 25.2 Å². The number of hydrogen-bond acceptors (Lipinski definition) is 13. The first-order chi connectivity index (χ1) is 25.4. The number of phenols is 1. The van der Waals surface area contributed by atoms with Crippen LogP contribution >= 0.6 is 23.2 Å². The van der Waals surface area contributed by atoms with Crippen LogP contribution in [-0.2, 0) is 20.2 Å². The summed E-state index contributed by atoms with van der Waals surface area (Å²) in [6.45, 7) is 0. The Morgan fingerprint density at radius 2 is 1.04 bits per heavy atom. The summed E-state index contributed by atoms with van der Waals surface area (Å²) in [5, 5.41) is 60.2. The van der Waals surface area contributed by atoms with Gasteiger partial charge in [0.1, 0.15) is 22.6 Å². The number of carbonyl (C=O) groups is 2. The fourth-order valence-corrected chi connectivity index (χ4v) is 6.12. The van der Waals surface area contributed by atoms with Crippen LogP contribution in [0.1, 0.15) is 20.7 Å². The number of rotatable bonds is 8. The normalized spacial score (nSPS) is 11.7. The molecule has 6 aromatic rings. The van der Waals surface area contributed by atoms with E-state index >= 15 is 0 Å². The Kier molecular flexibility index (Phi) is 13.6. The van der Waals surface area contributed by atoms with Gasteiger partial charge in [-0.15, -0.1) is 15.3 Å². The molecule has 0 aliphatic carbocycles. The van der Waals surface area contributed by atoms with Crippen molar-refractivity contribution in [2.24, 2.45) is 20.5 Å². The van der Waals surface area contributed by atoms with Gasteiger partial charge in [-0.1, -0.05) is 77.5 Å². The molecule has 0 heterocycles. The molecule has 55 heavy (non-hydrogen) atoms. The van der Waals surface area contributed by atoms with Crippen LogP contribution in [0.4, 0.5) is 22.7 Å². The van der Waals surface area contributed by atoms with E-state index < -0.39 is 59.0 Å². The van der Waals surface area contributed by atoms with E-state index in [0.29, 0.717) is 21.5 Å². The van der Waals surface area contributed by atoms with Crippen LogP contribution in [0.3, 0.4) is 0 Å². The number of fused-ring (bicyclic) bond motifs is 2. The Morgan fingerprint density at radius 1 is 0.618 bits per heavy atom. The van der Waals surface area contributed by atoms with Crippen molar-refractivity contribution >= 4 is 137 Å². The Hall–Kier alpha value is -4.76. The van der Waals surface area contributed by atoms with Gasteiger partial charge >= 0.3 is 43.7 Å². The molecule has 6 rings (SSSR count). The largest absolute Gasteiger partial charge is 2.00 e. The Labute approximate surface area is 350 Å². The molecule has 0 radical (unpaired) electrons. The monoisotopic (exact) mass is 850 g/mol. The molecule has 0 spiro atoms. The zero-order valence-electron chi connectivity index (χ0n) is 27.4. The summed E-state index contributed by atoms with van der Waals surface area (Å²) in [6.07, 6.45) is 0. The number of azo groups is 2. The molecule has 16 nitrogen and oxygen atoms in total. The minimum absolute atomic E-state index is 0. The number of carboxylic acids is 2. The summed E-state index contributed by atoms with van der Waals surface area (Å²) >= 11 is 11.9. The smallest absolute Gasteiger partial charge is 0.871 e. The quantitative estimate of drug-likeness (QED) is 0.0701. The van der Waals surface area contributed by atoms with Gasteiger partial charge in [0.15, 0.2) is 5.75 Å². The second kappa shape index (κ2) is 17.4. The summed E-state index contributed by atoms with van der Waals surface area (Å²) in [6, 6.07) is 22.1. The molecule has 0 fully saturated rings. The molecule has 276 valence electrons. The first kappa shape index (κ1) is 43.0. The molecule has 4 N–H and O–H groups in total. The van der Waals surface area contributed by atoms with E-state index in [9.17, 15) is 46.9 Å². The number of hydrogen-bond donors (Lipinski definition) is 4. The van der Waals surface area contributed by atoms with Crippen LogP contribution in [0, 0.1) is 0 Å². The van der Waals surface area contributed by atoms with Crippen molar-refractivity contribution in [3.8, 4) is 11.5 Å². The first-order valence-corrected chi connectivity index (χ1v) is 18.3. The van der Waals surface area contributed by atoms with E-state index in [0.717, 1.165) is 24.3 Å². The molecular formula is C34H20CaCl2N4O12S2. The maximum Gasteiger partial charge on any atom is 2.00 e. The van der Waals surface area contributed by atoms with Crippen LogP contribution in [-0.4, -0.2) is 85.8 Å². The number of benzene rings is 6. The van der Waals surface area contributed by atoms with Gasteiger partial charge in [0, 0.05) is 10.8 Å². The van der Waals surface area contributed by atoms with E-state index in [1.165, 1.54) is 24.3 Å². The summed E-state index contributed by atoms with van der Waals surface area (Å²) in [5.41, 5.74) is -1.54. The zero-order chi connectivity index (χ0) is 39.5. The summed E-state index contributed by atoms with van der Waals surface area (Å²) in [7, 11) is -8.97. The fraction of sp³-hybridized carbons (Fsp3) is 0. The SMILES string of the molecule is O=C(O)c1cc2ccccc2c(N=Nc2cc(S(=O)(=O)O)ccc2Cl)c1O.O=C([O-])c1cc2ccccc2c(N=Nc2cc(S(=O)(=O)O)ccc2Cl)c1[O-].[Ca+2]. The molecule has 6 aromatic carbocycles. The molecule has 0 aromatic heterocycles. The maximum absolute atomic E-state index is 12.4. The third-order valence-electron chi connectivity index (χ3n) is 7.37. The van der Waals surface area contributed by atoms with Crippen molar-refractivity contribution in [2.45, 2.75) is 9.79 Å². The predicted molar refractivity (Wildman–Crippen MR) is 197 cm³/mol. The minimum atomic E-state index is -4.49. The van der Waals surface area contributed by atoms with Crippen LogP contribution in [0.25, 0.3) is 21.5 Å². The molecule has 0 bridgehead atoms. The topological polar surface area (TPSA) is 279 Å². The van der Waals surface area contributed by atoms with Gasteiger partial charge in [-0.2, -0.15) is 21.9 Å².